The Kier molecular flexibility index (Phi) is 5.84. The van der Waals surface area contributed by atoms with Gasteiger partial charge in [0.25, 0.3) is 0 Å². The number of rotatable bonds is 4. The average molecular weight is 451 g/mol. The van der Waals surface area contributed by atoms with Crippen molar-refractivity contribution in [2.75, 3.05) is 49.2 Å². The van der Waals surface area contributed by atoms with Crippen LogP contribution in [-0.2, 0) is 9.47 Å². The van der Waals surface area contributed by atoms with Gasteiger partial charge in [0, 0.05) is 32.2 Å². The van der Waals surface area contributed by atoms with Crippen molar-refractivity contribution in [1.29, 1.82) is 0 Å². The zero-order valence-corrected chi connectivity index (χ0v) is 18.6. The smallest absolute Gasteiger partial charge is 0.407 e. The van der Waals surface area contributed by atoms with E-state index >= 15 is 0 Å². The zero-order valence-electron chi connectivity index (χ0n) is 17.8. The van der Waals surface area contributed by atoms with Crippen LogP contribution in [0.5, 0.6) is 0 Å². The molecule has 4 rings (SSSR count). The summed E-state index contributed by atoms with van der Waals surface area (Å²) in [6, 6.07) is 1.37. The van der Waals surface area contributed by atoms with E-state index in [-0.39, 0.29) is 17.5 Å². The van der Waals surface area contributed by atoms with Gasteiger partial charge in [-0.25, -0.2) is 9.78 Å². The summed E-state index contributed by atoms with van der Waals surface area (Å²) in [5.41, 5.74) is -0.144. The van der Waals surface area contributed by atoms with Crippen LogP contribution in [-0.4, -0.2) is 72.0 Å². The minimum atomic E-state index is -0.587. The van der Waals surface area contributed by atoms with E-state index < -0.39 is 16.6 Å². The topological polar surface area (TPSA) is 123 Å². The molecule has 11 nitrogen and oxygen atoms in total. The predicted octanol–water partition coefficient (Wildman–Crippen LogP) is 2.54. The number of nitro groups is 1. The van der Waals surface area contributed by atoms with Gasteiger partial charge in [0.2, 0.25) is 5.82 Å². The standard InChI is InChI=1S/C19H26N6O5S/c1-19(2,3)30-18(26)20-12-4-5-24(11-12)16-13(25(27)28)10-14-15(21-16)22-17(31-14)23-6-8-29-9-7-23/h10,12H,4-9,11H2,1-3H3,(H,20,26)/t12-/m0/s1. The van der Waals surface area contributed by atoms with Crippen LogP contribution >= 0.6 is 11.3 Å². The summed E-state index contributed by atoms with van der Waals surface area (Å²) in [7, 11) is 0. The summed E-state index contributed by atoms with van der Waals surface area (Å²) >= 11 is 1.40. The van der Waals surface area contributed by atoms with E-state index in [1.165, 1.54) is 11.3 Å². The number of hydrogen-bond acceptors (Lipinski definition) is 10. The number of ether oxygens (including phenoxy) is 2. The van der Waals surface area contributed by atoms with Crippen LogP contribution < -0.4 is 15.1 Å². The molecule has 2 aliphatic rings. The van der Waals surface area contributed by atoms with Crippen LogP contribution in [0.4, 0.5) is 21.4 Å². The number of amides is 1. The summed E-state index contributed by atoms with van der Waals surface area (Å²) in [6.07, 6.45) is 0.151. The number of anilines is 2. The highest BCUT2D eigenvalue weighted by molar-refractivity contribution is 7.22. The minimum absolute atomic E-state index is 0.0532. The molecule has 0 bridgehead atoms. The normalized spacial score (nSPS) is 19.6. The van der Waals surface area contributed by atoms with Gasteiger partial charge in [0.1, 0.15) is 5.60 Å². The van der Waals surface area contributed by atoms with Crippen LogP contribution in [0.15, 0.2) is 6.07 Å². The first kappa shape index (κ1) is 21.5. The molecule has 2 aromatic rings. The van der Waals surface area contributed by atoms with Gasteiger partial charge in [-0.05, 0) is 27.2 Å². The van der Waals surface area contributed by atoms with E-state index in [9.17, 15) is 14.9 Å². The molecule has 0 saturated carbocycles. The second-order valence-electron chi connectivity index (χ2n) is 8.58. The van der Waals surface area contributed by atoms with Crippen LogP contribution in [0.25, 0.3) is 10.3 Å². The molecule has 168 valence electrons. The van der Waals surface area contributed by atoms with E-state index in [0.717, 1.165) is 18.2 Å². The lowest BCUT2D eigenvalue weighted by molar-refractivity contribution is -0.384. The van der Waals surface area contributed by atoms with E-state index in [4.69, 9.17) is 9.47 Å². The molecule has 0 aliphatic carbocycles. The molecule has 4 heterocycles. The van der Waals surface area contributed by atoms with Gasteiger partial charge >= 0.3 is 11.8 Å². The summed E-state index contributed by atoms with van der Waals surface area (Å²) in [6.45, 7) is 9.10. The molecule has 1 atom stereocenters. The van der Waals surface area contributed by atoms with Crippen molar-refractivity contribution in [2.24, 2.45) is 0 Å². The Morgan fingerprint density at radius 3 is 2.71 bits per heavy atom. The third-order valence-electron chi connectivity index (χ3n) is 5.02. The first-order valence-corrected chi connectivity index (χ1v) is 11.0. The lowest BCUT2D eigenvalue weighted by atomic mass is 10.2. The summed E-state index contributed by atoms with van der Waals surface area (Å²) in [5.74, 6) is 0.282. The fourth-order valence-electron chi connectivity index (χ4n) is 3.63. The average Bonchev–Trinajstić information content (AvgIpc) is 3.32. The highest BCUT2D eigenvalue weighted by Gasteiger charge is 2.32. The number of nitrogens with zero attached hydrogens (tertiary/aromatic N) is 5. The monoisotopic (exact) mass is 450 g/mol. The Hall–Kier alpha value is -2.73. The number of morpholine rings is 1. The van der Waals surface area contributed by atoms with Gasteiger partial charge in [0.05, 0.1) is 28.9 Å². The molecule has 1 amide bonds. The number of thiazole rings is 1. The van der Waals surface area contributed by atoms with Crippen molar-refractivity contribution < 1.29 is 19.2 Å². The quantitative estimate of drug-likeness (QED) is 0.553. The lowest BCUT2D eigenvalue weighted by Gasteiger charge is -2.25. The second kappa shape index (κ2) is 8.42. The van der Waals surface area contributed by atoms with Crippen molar-refractivity contribution in [1.82, 2.24) is 15.3 Å². The number of hydrogen-bond donors (Lipinski definition) is 1. The fraction of sp³-hybridized carbons (Fsp3) is 0.632. The van der Waals surface area contributed by atoms with Gasteiger partial charge in [-0.2, -0.15) is 4.98 Å². The molecule has 2 aliphatic heterocycles. The number of pyridine rings is 1. The number of carbonyl (C=O) groups excluding carboxylic acids is 1. The molecule has 0 unspecified atom stereocenters. The molecule has 2 aromatic heterocycles. The largest absolute Gasteiger partial charge is 0.444 e. The van der Waals surface area contributed by atoms with Crippen molar-refractivity contribution >= 4 is 44.4 Å². The fourth-order valence-corrected chi connectivity index (χ4v) is 4.63. The molecule has 2 fully saturated rings. The predicted molar refractivity (Wildman–Crippen MR) is 117 cm³/mol. The summed E-state index contributed by atoms with van der Waals surface area (Å²) in [4.78, 5) is 36.5. The van der Waals surface area contributed by atoms with Gasteiger partial charge in [0.15, 0.2) is 10.8 Å². The molecular weight excluding hydrogens is 424 g/mol. The summed E-state index contributed by atoms with van der Waals surface area (Å²) in [5, 5.41) is 15.4. The van der Waals surface area contributed by atoms with Gasteiger partial charge in [-0.1, -0.05) is 11.3 Å². The van der Waals surface area contributed by atoms with Crippen LogP contribution in [0.3, 0.4) is 0 Å². The molecule has 12 heteroatoms. The van der Waals surface area contributed by atoms with Crippen LogP contribution in [0.1, 0.15) is 27.2 Å². The van der Waals surface area contributed by atoms with E-state index in [0.29, 0.717) is 43.1 Å². The third kappa shape index (κ3) is 4.96. The van der Waals surface area contributed by atoms with Gasteiger partial charge in [-0.15, -0.1) is 0 Å². The van der Waals surface area contributed by atoms with Crippen molar-refractivity contribution in [2.45, 2.75) is 38.8 Å². The maximum absolute atomic E-state index is 12.1. The molecule has 2 saturated heterocycles. The highest BCUT2D eigenvalue weighted by Crippen LogP contribution is 2.36. The van der Waals surface area contributed by atoms with Crippen molar-refractivity contribution in [3.63, 3.8) is 0 Å². The molecular formula is C19H26N6O5S. The molecule has 1 N–H and O–H groups in total. The number of fused-ring (bicyclic) bond motifs is 1. The van der Waals surface area contributed by atoms with Crippen LogP contribution in [0, 0.1) is 10.1 Å². The third-order valence-corrected chi connectivity index (χ3v) is 6.07. The molecule has 0 aromatic carbocycles. The maximum atomic E-state index is 12.1. The molecule has 0 spiro atoms. The first-order chi connectivity index (χ1) is 14.7. The number of aromatic nitrogens is 2. The number of carbonyl (C=O) groups is 1. The van der Waals surface area contributed by atoms with Gasteiger partial charge < -0.3 is 24.6 Å². The molecule has 31 heavy (non-hydrogen) atoms. The highest BCUT2D eigenvalue weighted by atomic mass is 32.1. The zero-order chi connectivity index (χ0) is 22.2. The number of nitrogens with one attached hydrogen (secondary N) is 1. The van der Waals surface area contributed by atoms with E-state index in [2.05, 4.69) is 20.2 Å². The minimum Gasteiger partial charge on any atom is -0.444 e. The van der Waals surface area contributed by atoms with Crippen molar-refractivity contribution in [3.05, 3.63) is 16.2 Å². The second-order valence-corrected chi connectivity index (χ2v) is 9.59. The Bertz CT molecular complexity index is 984. The Labute approximate surface area is 183 Å². The number of alkyl carbamates (subject to hydrolysis) is 1. The maximum Gasteiger partial charge on any atom is 0.407 e. The Morgan fingerprint density at radius 1 is 1.29 bits per heavy atom. The lowest BCUT2D eigenvalue weighted by Crippen LogP contribution is -2.40. The van der Waals surface area contributed by atoms with E-state index in [1.807, 2.05) is 4.90 Å². The Balaban J connectivity index is 1.54. The van der Waals surface area contributed by atoms with Crippen LogP contribution in [0.2, 0.25) is 0 Å². The van der Waals surface area contributed by atoms with Crippen molar-refractivity contribution in [3.8, 4) is 0 Å². The first-order valence-electron chi connectivity index (χ1n) is 10.2. The summed E-state index contributed by atoms with van der Waals surface area (Å²) < 4.78 is 11.4. The van der Waals surface area contributed by atoms with Gasteiger partial charge in [-0.3, -0.25) is 10.1 Å². The van der Waals surface area contributed by atoms with E-state index in [1.54, 1.807) is 26.8 Å². The Morgan fingerprint density at radius 2 is 2.03 bits per heavy atom. The molecule has 0 radical (unpaired) electrons. The SMILES string of the molecule is CC(C)(C)OC(=O)N[C@H]1CCN(c2nc3nc(N4CCOCC4)sc3cc2[N+](=O)[O-])C1.